The Balaban J connectivity index is 4.15. The van der Waals surface area contributed by atoms with E-state index in [1.807, 2.05) is 0 Å². The van der Waals surface area contributed by atoms with Crippen molar-refractivity contribution in [2.75, 3.05) is 13.2 Å². The van der Waals surface area contributed by atoms with Crippen molar-refractivity contribution in [2.24, 2.45) is 0 Å². The molecular weight excluding hydrogens is 841 g/mol. The van der Waals surface area contributed by atoms with Gasteiger partial charge in [-0.05, 0) is 77.0 Å². The summed E-state index contributed by atoms with van der Waals surface area (Å²) in [5.74, 6) is -0.909. The monoisotopic (exact) mass is 947 g/mol. The summed E-state index contributed by atoms with van der Waals surface area (Å²) in [5, 5.41) is 0. The molecule has 0 fully saturated rings. The summed E-state index contributed by atoms with van der Waals surface area (Å²) < 4.78 is 16.7. The molecule has 68 heavy (non-hydrogen) atoms. The Morgan fingerprint density at radius 1 is 0.309 bits per heavy atom. The second-order valence-corrected chi connectivity index (χ2v) is 18.8. The molecule has 0 rings (SSSR count). The fraction of sp³-hybridized carbons (Fsp3) is 0.726. The third-order valence-corrected chi connectivity index (χ3v) is 12.2. The molecule has 0 saturated carbocycles. The molecule has 0 aliphatic carbocycles. The van der Waals surface area contributed by atoms with E-state index in [1.165, 1.54) is 103 Å². The molecule has 0 amide bonds. The molecule has 1 unspecified atom stereocenters. The summed E-state index contributed by atoms with van der Waals surface area (Å²) in [4.78, 5) is 37.8. The van der Waals surface area contributed by atoms with Gasteiger partial charge in [0.05, 0.1) is 0 Å². The zero-order valence-electron chi connectivity index (χ0n) is 44.6. The van der Waals surface area contributed by atoms with Crippen LogP contribution in [-0.4, -0.2) is 37.2 Å². The van der Waals surface area contributed by atoms with E-state index in [0.717, 1.165) is 128 Å². The van der Waals surface area contributed by atoms with Gasteiger partial charge in [0.2, 0.25) is 0 Å². The van der Waals surface area contributed by atoms with Crippen LogP contribution in [0.25, 0.3) is 0 Å². The number of esters is 3. The number of rotatable bonds is 51. The van der Waals surface area contributed by atoms with E-state index in [1.54, 1.807) is 0 Å². The summed E-state index contributed by atoms with van der Waals surface area (Å²) in [6.07, 6.45) is 73.3. The topological polar surface area (TPSA) is 78.9 Å². The normalized spacial score (nSPS) is 12.7. The Labute approximate surface area is 420 Å². The number of hydrogen-bond acceptors (Lipinski definition) is 6. The maximum absolute atomic E-state index is 12.8. The molecule has 0 aromatic heterocycles. The average Bonchev–Trinajstić information content (AvgIpc) is 3.34. The molecule has 0 N–H and O–H groups in total. The Morgan fingerprint density at radius 2 is 0.574 bits per heavy atom. The molecule has 0 bridgehead atoms. The lowest BCUT2D eigenvalue weighted by atomic mass is 10.0. The van der Waals surface area contributed by atoms with E-state index in [2.05, 4.69) is 106 Å². The number of hydrogen-bond donors (Lipinski definition) is 0. The minimum atomic E-state index is -0.779. The zero-order chi connectivity index (χ0) is 49.3. The van der Waals surface area contributed by atoms with Crippen molar-refractivity contribution in [3.8, 4) is 0 Å². The average molecular weight is 948 g/mol. The molecular formula is C62H106O6. The lowest BCUT2D eigenvalue weighted by molar-refractivity contribution is -0.167. The van der Waals surface area contributed by atoms with Gasteiger partial charge >= 0.3 is 17.9 Å². The summed E-state index contributed by atoms with van der Waals surface area (Å²) in [6, 6.07) is 0. The number of carbonyl (C=O) groups is 3. The third-order valence-electron chi connectivity index (χ3n) is 12.2. The highest BCUT2D eigenvalue weighted by Gasteiger charge is 2.19. The molecule has 0 aliphatic rings. The van der Waals surface area contributed by atoms with Crippen molar-refractivity contribution < 1.29 is 28.6 Å². The molecule has 0 saturated heterocycles. The van der Waals surface area contributed by atoms with Crippen LogP contribution in [0.3, 0.4) is 0 Å². The van der Waals surface area contributed by atoms with Gasteiger partial charge < -0.3 is 14.2 Å². The third kappa shape index (κ3) is 53.5. The van der Waals surface area contributed by atoms with Gasteiger partial charge in [0, 0.05) is 19.3 Å². The van der Waals surface area contributed by atoms with Crippen molar-refractivity contribution in [2.45, 2.75) is 277 Å². The number of ether oxygens (including phenoxy) is 3. The lowest BCUT2D eigenvalue weighted by Gasteiger charge is -2.18. The summed E-state index contributed by atoms with van der Waals surface area (Å²) in [6.45, 7) is 6.44. The highest BCUT2D eigenvalue weighted by atomic mass is 16.6. The van der Waals surface area contributed by atoms with Gasteiger partial charge in [0.25, 0.3) is 0 Å². The first-order valence-corrected chi connectivity index (χ1v) is 28.6. The maximum Gasteiger partial charge on any atom is 0.306 e. The van der Waals surface area contributed by atoms with Crippen molar-refractivity contribution in [1.82, 2.24) is 0 Å². The molecule has 0 aromatic rings. The van der Waals surface area contributed by atoms with Gasteiger partial charge in [-0.2, -0.15) is 0 Å². The second kappa shape index (κ2) is 56.2. The van der Waals surface area contributed by atoms with E-state index in [0.29, 0.717) is 19.3 Å². The van der Waals surface area contributed by atoms with Gasteiger partial charge in [-0.15, -0.1) is 0 Å². The largest absolute Gasteiger partial charge is 0.462 e. The van der Waals surface area contributed by atoms with Crippen LogP contribution in [0.4, 0.5) is 0 Å². The Bertz CT molecular complexity index is 1320. The standard InChI is InChI=1S/C62H106O6/c1-4-7-10-13-15-17-19-21-23-25-27-28-29-30-31-32-33-34-35-37-38-40-42-44-46-49-52-55-61(64)67-58-59(57-66-60(63)54-51-48-12-9-6-3)68-62(65)56-53-50-47-45-43-41-39-36-26-24-22-20-18-16-14-11-8-5-2/h7,10,15,17,21,23,27-28,30-31,33-34,37-38,59H,4-6,8-9,11-14,16,18-20,22,24-26,29,32,35-36,39-58H2,1-3H3/b10-7-,17-15-,23-21-,28-27-,31-30-,34-33-,38-37-. The minimum absolute atomic E-state index is 0.0816. The van der Waals surface area contributed by atoms with Crippen LogP contribution < -0.4 is 0 Å². The number of carbonyl (C=O) groups excluding carboxylic acids is 3. The molecule has 390 valence electrons. The van der Waals surface area contributed by atoms with Crippen LogP contribution in [0.2, 0.25) is 0 Å². The Morgan fingerprint density at radius 3 is 0.897 bits per heavy atom. The molecule has 1 atom stereocenters. The van der Waals surface area contributed by atoms with Crippen LogP contribution in [0.15, 0.2) is 85.1 Å². The first-order valence-electron chi connectivity index (χ1n) is 28.6. The van der Waals surface area contributed by atoms with E-state index in [4.69, 9.17) is 14.2 Å². The van der Waals surface area contributed by atoms with Crippen molar-refractivity contribution >= 4 is 17.9 Å². The van der Waals surface area contributed by atoms with Crippen LogP contribution in [0, 0.1) is 0 Å². The lowest BCUT2D eigenvalue weighted by Crippen LogP contribution is -2.30. The Kier molecular flexibility index (Phi) is 53.4. The predicted molar refractivity (Wildman–Crippen MR) is 293 cm³/mol. The number of unbranched alkanes of at least 4 members (excludes halogenated alkanes) is 26. The fourth-order valence-electron chi connectivity index (χ4n) is 7.89. The fourth-order valence-corrected chi connectivity index (χ4v) is 7.89. The highest BCUT2D eigenvalue weighted by Crippen LogP contribution is 2.16. The quantitative estimate of drug-likeness (QED) is 0.0262. The molecule has 0 spiro atoms. The first kappa shape index (κ1) is 64.6. The van der Waals surface area contributed by atoms with Gasteiger partial charge in [-0.25, -0.2) is 0 Å². The van der Waals surface area contributed by atoms with Gasteiger partial charge in [0.1, 0.15) is 13.2 Å². The molecule has 0 aliphatic heterocycles. The predicted octanol–water partition coefficient (Wildman–Crippen LogP) is 19.2. The van der Waals surface area contributed by atoms with E-state index in [9.17, 15) is 14.4 Å². The molecule has 0 radical (unpaired) electrons. The van der Waals surface area contributed by atoms with E-state index in [-0.39, 0.29) is 31.1 Å². The second-order valence-electron chi connectivity index (χ2n) is 18.8. The molecule has 6 nitrogen and oxygen atoms in total. The SMILES string of the molecule is CC/C=C\C/C=C\C/C=C\C/C=C\C/C=C\C/C=C\C/C=C\CCCCCCCC(=O)OCC(COC(=O)CCCCCCC)OC(=O)CCCCCCCCCCCCCCCCCCCC. The van der Waals surface area contributed by atoms with Crippen molar-refractivity contribution in [1.29, 1.82) is 0 Å². The van der Waals surface area contributed by atoms with Crippen LogP contribution in [-0.2, 0) is 28.6 Å². The summed E-state index contributed by atoms with van der Waals surface area (Å²) >= 11 is 0. The van der Waals surface area contributed by atoms with Crippen molar-refractivity contribution in [3.05, 3.63) is 85.1 Å². The minimum Gasteiger partial charge on any atom is -0.462 e. The molecule has 6 heteroatoms. The summed E-state index contributed by atoms with van der Waals surface area (Å²) in [5.41, 5.74) is 0. The highest BCUT2D eigenvalue weighted by molar-refractivity contribution is 5.71. The molecule has 0 heterocycles. The van der Waals surface area contributed by atoms with Crippen LogP contribution >= 0.6 is 0 Å². The summed E-state index contributed by atoms with van der Waals surface area (Å²) in [7, 11) is 0. The van der Waals surface area contributed by atoms with Crippen LogP contribution in [0.5, 0.6) is 0 Å². The number of allylic oxidation sites excluding steroid dienone is 14. The smallest absolute Gasteiger partial charge is 0.306 e. The Hall–Kier alpha value is -3.41. The first-order chi connectivity index (χ1) is 33.5. The van der Waals surface area contributed by atoms with E-state index < -0.39 is 6.10 Å². The zero-order valence-corrected chi connectivity index (χ0v) is 44.6. The molecule has 0 aromatic carbocycles. The van der Waals surface area contributed by atoms with Crippen LogP contribution in [0.1, 0.15) is 271 Å². The maximum atomic E-state index is 12.8. The van der Waals surface area contributed by atoms with Gasteiger partial charge in [-0.3, -0.25) is 14.4 Å². The van der Waals surface area contributed by atoms with Gasteiger partial charge in [-0.1, -0.05) is 260 Å². The van der Waals surface area contributed by atoms with Gasteiger partial charge in [0.15, 0.2) is 6.10 Å². The van der Waals surface area contributed by atoms with Crippen molar-refractivity contribution in [3.63, 3.8) is 0 Å². The van der Waals surface area contributed by atoms with E-state index >= 15 is 0 Å².